The van der Waals surface area contributed by atoms with Crippen LogP contribution in [0.25, 0.3) is 10.2 Å². The highest BCUT2D eigenvalue weighted by Crippen LogP contribution is 2.34. The molecule has 0 fully saturated rings. The number of rotatable bonds is 5. The Balaban J connectivity index is 2.10. The number of amides is 1. The van der Waals surface area contributed by atoms with Gasteiger partial charge < -0.3 is 10.4 Å². The number of carboxylic acid groups (broad SMARTS) is 1. The van der Waals surface area contributed by atoms with Crippen molar-refractivity contribution in [2.45, 2.75) is 31.8 Å². The Bertz CT molecular complexity index is 699. The Morgan fingerprint density at radius 1 is 1.43 bits per heavy atom. The van der Waals surface area contributed by atoms with Crippen molar-refractivity contribution < 1.29 is 14.7 Å². The Morgan fingerprint density at radius 3 is 2.81 bits per heavy atom. The van der Waals surface area contributed by atoms with Gasteiger partial charge in [0.15, 0.2) is 0 Å². The number of thiophene rings is 1. The number of carboxylic acids is 1. The molecule has 2 N–H and O–H groups in total. The standard InChI is InChI=1S/C13H15N3O3S2/c1-6-8(3)21-12-10(6)11(14-5-15-12)20-4-9(17)16-7(2)13(18)19/h5,7H,4H2,1-3H3,(H,16,17)(H,18,19)/t7-/m0/s1. The largest absolute Gasteiger partial charge is 0.480 e. The normalized spacial score (nSPS) is 12.3. The Morgan fingerprint density at radius 2 is 2.14 bits per heavy atom. The third-order valence-corrected chi connectivity index (χ3v) is 5.12. The summed E-state index contributed by atoms with van der Waals surface area (Å²) in [7, 11) is 0. The van der Waals surface area contributed by atoms with E-state index < -0.39 is 12.0 Å². The van der Waals surface area contributed by atoms with Crippen molar-refractivity contribution in [1.82, 2.24) is 15.3 Å². The zero-order valence-electron chi connectivity index (χ0n) is 11.8. The van der Waals surface area contributed by atoms with Crippen molar-refractivity contribution >= 4 is 45.2 Å². The van der Waals surface area contributed by atoms with Crippen molar-refractivity contribution in [3.8, 4) is 0 Å². The van der Waals surface area contributed by atoms with E-state index in [1.54, 1.807) is 11.3 Å². The number of nitrogens with zero attached hydrogens (tertiary/aromatic N) is 2. The number of carbonyl (C=O) groups is 2. The van der Waals surface area contributed by atoms with Crippen LogP contribution in [0, 0.1) is 13.8 Å². The molecule has 2 heterocycles. The van der Waals surface area contributed by atoms with Crippen molar-refractivity contribution in [3.63, 3.8) is 0 Å². The summed E-state index contributed by atoms with van der Waals surface area (Å²) in [4.78, 5) is 33.0. The number of hydrogen-bond acceptors (Lipinski definition) is 6. The molecule has 2 aromatic rings. The molecule has 0 unspecified atom stereocenters. The molecule has 6 nitrogen and oxygen atoms in total. The number of aliphatic carboxylic acids is 1. The third kappa shape index (κ3) is 3.51. The summed E-state index contributed by atoms with van der Waals surface area (Å²) in [5, 5.41) is 12.9. The average Bonchev–Trinajstić information content (AvgIpc) is 2.72. The average molecular weight is 325 g/mol. The van der Waals surface area contributed by atoms with Crippen LogP contribution in [-0.2, 0) is 9.59 Å². The summed E-state index contributed by atoms with van der Waals surface area (Å²) < 4.78 is 0. The third-order valence-electron chi connectivity index (χ3n) is 3.02. The lowest BCUT2D eigenvalue weighted by Crippen LogP contribution is -2.39. The minimum Gasteiger partial charge on any atom is -0.480 e. The number of thioether (sulfide) groups is 1. The molecule has 0 aliphatic heterocycles. The molecule has 1 atom stereocenters. The first-order valence-electron chi connectivity index (χ1n) is 6.25. The molecule has 0 saturated carbocycles. The molecule has 0 aliphatic carbocycles. The first-order chi connectivity index (χ1) is 9.90. The van der Waals surface area contributed by atoms with Gasteiger partial charge in [-0.1, -0.05) is 11.8 Å². The summed E-state index contributed by atoms with van der Waals surface area (Å²) >= 11 is 2.89. The van der Waals surface area contributed by atoms with E-state index in [-0.39, 0.29) is 11.7 Å². The lowest BCUT2D eigenvalue weighted by Gasteiger charge is -2.09. The Labute approximate surface area is 130 Å². The lowest BCUT2D eigenvalue weighted by atomic mass is 10.2. The quantitative estimate of drug-likeness (QED) is 0.645. The van der Waals surface area contributed by atoms with Crippen LogP contribution < -0.4 is 5.32 Å². The maximum Gasteiger partial charge on any atom is 0.325 e. The van der Waals surface area contributed by atoms with E-state index in [1.165, 1.54) is 29.9 Å². The first-order valence-corrected chi connectivity index (χ1v) is 8.06. The van der Waals surface area contributed by atoms with Gasteiger partial charge in [-0.15, -0.1) is 11.3 Å². The van der Waals surface area contributed by atoms with Gasteiger partial charge in [-0.2, -0.15) is 0 Å². The van der Waals surface area contributed by atoms with Crippen LogP contribution >= 0.6 is 23.1 Å². The summed E-state index contributed by atoms with van der Waals surface area (Å²) in [6.07, 6.45) is 1.48. The van der Waals surface area contributed by atoms with Gasteiger partial charge in [0.2, 0.25) is 5.91 Å². The Hall–Kier alpha value is -1.67. The number of nitrogens with one attached hydrogen (secondary N) is 1. The van der Waals surface area contributed by atoms with Crippen LogP contribution in [0.2, 0.25) is 0 Å². The van der Waals surface area contributed by atoms with Crippen molar-refractivity contribution in [2.75, 3.05) is 5.75 Å². The fourth-order valence-electron chi connectivity index (χ4n) is 1.74. The molecule has 0 aliphatic rings. The van der Waals surface area contributed by atoms with Crippen LogP contribution in [0.5, 0.6) is 0 Å². The van der Waals surface area contributed by atoms with Gasteiger partial charge in [0.05, 0.1) is 5.75 Å². The number of aromatic nitrogens is 2. The maximum absolute atomic E-state index is 11.7. The molecule has 1 amide bonds. The van der Waals surface area contributed by atoms with E-state index in [1.807, 2.05) is 13.8 Å². The van der Waals surface area contributed by atoms with Gasteiger partial charge in [0.25, 0.3) is 0 Å². The summed E-state index contributed by atoms with van der Waals surface area (Å²) in [5.74, 6) is -1.26. The second kappa shape index (κ2) is 6.40. The van der Waals surface area contributed by atoms with E-state index >= 15 is 0 Å². The molecular formula is C13H15N3O3S2. The zero-order chi connectivity index (χ0) is 15.6. The summed E-state index contributed by atoms with van der Waals surface area (Å²) in [6, 6.07) is -0.895. The van der Waals surface area contributed by atoms with E-state index in [9.17, 15) is 9.59 Å². The highest BCUT2D eigenvalue weighted by Gasteiger charge is 2.16. The predicted molar refractivity (Wildman–Crippen MR) is 82.9 cm³/mol. The maximum atomic E-state index is 11.7. The summed E-state index contributed by atoms with van der Waals surface area (Å²) in [5.41, 5.74) is 1.12. The number of carbonyl (C=O) groups excluding carboxylic acids is 1. The molecule has 112 valence electrons. The molecule has 0 bridgehead atoms. The predicted octanol–water partition coefficient (Wildman–Crippen LogP) is 1.99. The molecule has 0 spiro atoms. The van der Waals surface area contributed by atoms with Crippen molar-refractivity contribution in [2.24, 2.45) is 0 Å². The number of hydrogen-bond donors (Lipinski definition) is 2. The molecule has 0 radical (unpaired) electrons. The van der Waals surface area contributed by atoms with Gasteiger partial charge >= 0.3 is 5.97 Å². The van der Waals surface area contributed by atoms with Crippen molar-refractivity contribution in [3.05, 3.63) is 16.8 Å². The van der Waals surface area contributed by atoms with Crippen LogP contribution in [0.3, 0.4) is 0 Å². The SMILES string of the molecule is Cc1sc2ncnc(SCC(=O)N[C@@H](C)C(=O)O)c2c1C. The fourth-order valence-corrected chi connectivity index (χ4v) is 3.67. The van der Waals surface area contributed by atoms with Gasteiger partial charge in [-0.25, -0.2) is 9.97 Å². The van der Waals surface area contributed by atoms with Crippen LogP contribution in [0.4, 0.5) is 0 Å². The lowest BCUT2D eigenvalue weighted by molar-refractivity contribution is -0.140. The molecule has 2 aromatic heterocycles. The summed E-state index contributed by atoms with van der Waals surface area (Å²) in [6.45, 7) is 5.46. The van der Waals surface area contributed by atoms with Gasteiger partial charge in [0, 0.05) is 10.3 Å². The van der Waals surface area contributed by atoms with Crippen LogP contribution in [0.1, 0.15) is 17.4 Å². The van der Waals surface area contributed by atoms with Gasteiger partial charge in [-0.3, -0.25) is 9.59 Å². The minimum atomic E-state index is -1.05. The van der Waals surface area contributed by atoms with Crippen LogP contribution in [0.15, 0.2) is 11.4 Å². The first kappa shape index (κ1) is 15.7. The molecule has 8 heteroatoms. The minimum absolute atomic E-state index is 0.123. The second-order valence-electron chi connectivity index (χ2n) is 4.56. The number of fused-ring (bicyclic) bond motifs is 1. The Kier molecular flexibility index (Phi) is 4.79. The topological polar surface area (TPSA) is 92.2 Å². The van der Waals surface area contributed by atoms with E-state index in [0.717, 1.165) is 20.8 Å². The van der Waals surface area contributed by atoms with Crippen molar-refractivity contribution in [1.29, 1.82) is 0 Å². The monoisotopic (exact) mass is 325 g/mol. The van der Waals surface area contributed by atoms with Crippen LogP contribution in [-0.4, -0.2) is 38.7 Å². The zero-order valence-corrected chi connectivity index (χ0v) is 13.5. The smallest absolute Gasteiger partial charge is 0.325 e. The highest BCUT2D eigenvalue weighted by molar-refractivity contribution is 8.00. The number of aryl methyl sites for hydroxylation is 2. The molecule has 0 saturated heterocycles. The van der Waals surface area contributed by atoms with Gasteiger partial charge in [-0.05, 0) is 26.3 Å². The molecule has 21 heavy (non-hydrogen) atoms. The van der Waals surface area contributed by atoms with E-state index in [4.69, 9.17) is 5.11 Å². The fraction of sp³-hybridized carbons (Fsp3) is 0.385. The second-order valence-corrected chi connectivity index (χ2v) is 6.73. The van der Waals surface area contributed by atoms with Gasteiger partial charge in [0.1, 0.15) is 22.2 Å². The molecule has 0 aromatic carbocycles. The highest BCUT2D eigenvalue weighted by atomic mass is 32.2. The van der Waals surface area contributed by atoms with E-state index in [2.05, 4.69) is 15.3 Å². The molecular weight excluding hydrogens is 310 g/mol. The van der Waals surface area contributed by atoms with E-state index in [0.29, 0.717) is 0 Å². The molecule has 2 rings (SSSR count).